The largest absolute Gasteiger partial charge is 0.339 e. The lowest BCUT2D eigenvalue weighted by molar-refractivity contribution is -0.137. The maximum absolute atomic E-state index is 12.7. The lowest BCUT2D eigenvalue weighted by Crippen LogP contribution is -2.54. The van der Waals surface area contributed by atoms with E-state index in [1.54, 1.807) is 0 Å². The van der Waals surface area contributed by atoms with Crippen molar-refractivity contribution in [2.45, 2.75) is 51.1 Å². The molecule has 3 aliphatic rings. The molecule has 1 N–H and O–H groups in total. The summed E-state index contributed by atoms with van der Waals surface area (Å²) in [6, 6.07) is 0.850. The van der Waals surface area contributed by atoms with Crippen molar-refractivity contribution in [1.82, 2.24) is 15.1 Å². The zero-order chi connectivity index (χ0) is 13.2. The quantitative estimate of drug-likeness (QED) is 0.826. The molecule has 0 radical (unpaired) electrons. The van der Waals surface area contributed by atoms with Crippen LogP contribution in [0.25, 0.3) is 0 Å². The first-order chi connectivity index (χ1) is 9.31. The second kappa shape index (κ2) is 5.80. The summed E-state index contributed by atoms with van der Waals surface area (Å²) in [6.45, 7) is 7.12. The highest BCUT2D eigenvalue weighted by molar-refractivity contribution is 5.82. The van der Waals surface area contributed by atoms with Crippen LogP contribution < -0.4 is 5.32 Å². The van der Waals surface area contributed by atoms with Crippen LogP contribution in [0.15, 0.2) is 0 Å². The van der Waals surface area contributed by atoms with E-state index in [-0.39, 0.29) is 6.04 Å². The molecule has 1 saturated carbocycles. The Morgan fingerprint density at radius 2 is 1.95 bits per heavy atom. The molecule has 1 amide bonds. The van der Waals surface area contributed by atoms with E-state index in [1.165, 1.54) is 25.7 Å². The number of carbonyl (C=O) groups is 1. The van der Waals surface area contributed by atoms with Crippen LogP contribution in [0.1, 0.15) is 39.0 Å². The van der Waals surface area contributed by atoms with Gasteiger partial charge in [0, 0.05) is 32.2 Å². The molecule has 4 nitrogen and oxygen atoms in total. The number of piperazine rings is 1. The fourth-order valence-electron chi connectivity index (χ4n) is 3.87. The third kappa shape index (κ3) is 2.79. The first-order valence-corrected chi connectivity index (χ1v) is 8.06. The van der Waals surface area contributed by atoms with Crippen molar-refractivity contribution < 1.29 is 4.79 Å². The molecule has 3 rings (SSSR count). The molecule has 19 heavy (non-hydrogen) atoms. The van der Waals surface area contributed by atoms with E-state index in [9.17, 15) is 4.79 Å². The molecule has 2 heterocycles. The zero-order valence-corrected chi connectivity index (χ0v) is 12.1. The molecule has 3 fully saturated rings. The number of nitrogens with zero attached hydrogens (tertiary/aromatic N) is 2. The Labute approximate surface area is 116 Å². The van der Waals surface area contributed by atoms with Crippen molar-refractivity contribution in [3.63, 3.8) is 0 Å². The topological polar surface area (TPSA) is 35.6 Å². The van der Waals surface area contributed by atoms with Gasteiger partial charge in [-0.3, -0.25) is 9.69 Å². The fourth-order valence-corrected chi connectivity index (χ4v) is 3.87. The van der Waals surface area contributed by atoms with E-state index < -0.39 is 0 Å². The first-order valence-electron chi connectivity index (χ1n) is 8.06. The number of rotatable bonds is 4. The second-order valence-electron chi connectivity index (χ2n) is 6.28. The summed E-state index contributed by atoms with van der Waals surface area (Å²) in [5.41, 5.74) is 0. The normalized spacial score (nSPS) is 30.6. The van der Waals surface area contributed by atoms with E-state index in [2.05, 4.69) is 22.0 Å². The Balaban J connectivity index is 1.65. The molecular formula is C15H27N3O. The van der Waals surface area contributed by atoms with Gasteiger partial charge in [-0.05, 0) is 44.6 Å². The molecule has 2 unspecified atom stereocenters. The highest BCUT2D eigenvalue weighted by Gasteiger charge is 2.42. The Hall–Kier alpha value is -0.610. The highest BCUT2D eigenvalue weighted by atomic mass is 16.2. The summed E-state index contributed by atoms with van der Waals surface area (Å²) >= 11 is 0. The van der Waals surface area contributed by atoms with E-state index in [0.29, 0.717) is 11.9 Å². The number of carbonyl (C=O) groups excluding carboxylic acids is 1. The van der Waals surface area contributed by atoms with Crippen LogP contribution in [0.2, 0.25) is 0 Å². The predicted octanol–water partition coefficient (Wildman–Crippen LogP) is 1.07. The lowest BCUT2D eigenvalue weighted by atomic mass is 10.1. The molecule has 2 aliphatic heterocycles. The van der Waals surface area contributed by atoms with Crippen molar-refractivity contribution in [3.05, 3.63) is 0 Å². The molecule has 0 aromatic rings. The Morgan fingerprint density at radius 1 is 1.21 bits per heavy atom. The Morgan fingerprint density at radius 3 is 2.58 bits per heavy atom. The van der Waals surface area contributed by atoms with Crippen molar-refractivity contribution in [3.8, 4) is 0 Å². The van der Waals surface area contributed by atoms with Crippen LogP contribution in [-0.2, 0) is 4.79 Å². The van der Waals surface area contributed by atoms with Crippen LogP contribution in [0, 0.1) is 5.92 Å². The molecule has 2 saturated heterocycles. The SMILES string of the molecule is CCC(C1CC1)N1CCCC1C(=O)N1CCNCC1. The standard InChI is InChI=1S/C15H27N3O/c1-2-13(12-5-6-12)18-9-3-4-14(18)15(19)17-10-7-16-8-11-17/h12-14,16H,2-11H2,1H3. The van der Waals surface area contributed by atoms with E-state index in [1.807, 2.05) is 0 Å². The number of likely N-dealkylation sites (tertiary alicyclic amines) is 1. The minimum absolute atomic E-state index is 0.184. The maximum Gasteiger partial charge on any atom is 0.240 e. The van der Waals surface area contributed by atoms with E-state index >= 15 is 0 Å². The first kappa shape index (κ1) is 13.4. The molecule has 1 aliphatic carbocycles. The van der Waals surface area contributed by atoms with Crippen LogP contribution in [0.5, 0.6) is 0 Å². The van der Waals surface area contributed by atoms with Gasteiger partial charge in [-0.2, -0.15) is 0 Å². The monoisotopic (exact) mass is 265 g/mol. The Bertz CT molecular complexity index is 323. The molecule has 0 aromatic heterocycles. The lowest BCUT2D eigenvalue weighted by Gasteiger charge is -2.36. The zero-order valence-electron chi connectivity index (χ0n) is 12.1. The minimum atomic E-state index is 0.184. The predicted molar refractivity (Wildman–Crippen MR) is 76.0 cm³/mol. The third-order valence-electron chi connectivity index (χ3n) is 5.02. The summed E-state index contributed by atoms with van der Waals surface area (Å²) in [7, 11) is 0. The summed E-state index contributed by atoms with van der Waals surface area (Å²) in [4.78, 5) is 17.4. The third-order valence-corrected chi connectivity index (χ3v) is 5.02. The van der Waals surface area contributed by atoms with Gasteiger partial charge in [0.1, 0.15) is 0 Å². The number of amides is 1. The van der Waals surface area contributed by atoms with E-state index in [0.717, 1.165) is 45.1 Å². The van der Waals surface area contributed by atoms with Crippen LogP contribution in [0.3, 0.4) is 0 Å². The van der Waals surface area contributed by atoms with Gasteiger partial charge in [-0.25, -0.2) is 0 Å². The molecule has 0 bridgehead atoms. The van der Waals surface area contributed by atoms with Crippen molar-refractivity contribution in [2.75, 3.05) is 32.7 Å². The minimum Gasteiger partial charge on any atom is -0.339 e. The van der Waals surface area contributed by atoms with Crippen LogP contribution in [-0.4, -0.2) is 60.5 Å². The van der Waals surface area contributed by atoms with Gasteiger partial charge in [0.2, 0.25) is 5.91 Å². The van der Waals surface area contributed by atoms with Crippen molar-refractivity contribution in [2.24, 2.45) is 5.92 Å². The van der Waals surface area contributed by atoms with Gasteiger partial charge in [-0.15, -0.1) is 0 Å². The Kier molecular flexibility index (Phi) is 4.08. The molecular weight excluding hydrogens is 238 g/mol. The molecule has 108 valence electrons. The van der Waals surface area contributed by atoms with E-state index in [4.69, 9.17) is 0 Å². The summed E-state index contributed by atoms with van der Waals surface area (Å²) in [5, 5.41) is 3.33. The fraction of sp³-hybridized carbons (Fsp3) is 0.933. The van der Waals surface area contributed by atoms with Gasteiger partial charge in [0.25, 0.3) is 0 Å². The second-order valence-corrected chi connectivity index (χ2v) is 6.28. The van der Waals surface area contributed by atoms with Crippen molar-refractivity contribution in [1.29, 1.82) is 0 Å². The van der Waals surface area contributed by atoms with Gasteiger partial charge >= 0.3 is 0 Å². The van der Waals surface area contributed by atoms with Gasteiger partial charge < -0.3 is 10.2 Å². The van der Waals surface area contributed by atoms with Gasteiger partial charge in [0.15, 0.2) is 0 Å². The van der Waals surface area contributed by atoms with Crippen LogP contribution >= 0.6 is 0 Å². The average Bonchev–Trinajstić information content (AvgIpc) is 3.17. The maximum atomic E-state index is 12.7. The number of nitrogens with one attached hydrogen (secondary N) is 1. The number of hydrogen-bond acceptors (Lipinski definition) is 3. The van der Waals surface area contributed by atoms with Gasteiger partial charge in [0.05, 0.1) is 6.04 Å². The number of hydrogen-bond donors (Lipinski definition) is 1. The van der Waals surface area contributed by atoms with Crippen LogP contribution in [0.4, 0.5) is 0 Å². The average molecular weight is 265 g/mol. The summed E-state index contributed by atoms with van der Waals surface area (Å²) < 4.78 is 0. The van der Waals surface area contributed by atoms with Crippen molar-refractivity contribution >= 4 is 5.91 Å². The molecule has 2 atom stereocenters. The smallest absolute Gasteiger partial charge is 0.240 e. The van der Waals surface area contributed by atoms with Gasteiger partial charge in [-0.1, -0.05) is 6.92 Å². The summed E-state index contributed by atoms with van der Waals surface area (Å²) in [5.74, 6) is 1.28. The molecule has 4 heteroatoms. The summed E-state index contributed by atoms with van der Waals surface area (Å²) in [6.07, 6.45) is 6.24. The molecule has 0 spiro atoms. The highest BCUT2D eigenvalue weighted by Crippen LogP contribution is 2.39. The molecule has 0 aromatic carbocycles.